The van der Waals surface area contributed by atoms with Crippen molar-refractivity contribution in [1.82, 2.24) is 0 Å². The van der Waals surface area contributed by atoms with E-state index in [1.54, 1.807) is 0 Å². The van der Waals surface area contributed by atoms with E-state index in [4.69, 9.17) is 10.5 Å². The van der Waals surface area contributed by atoms with Crippen LogP contribution in [0.3, 0.4) is 0 Å². The highest BCUT2D eigenvalue weighted by Crippen LogP contribution is 2.15. The van der Waals surface area contributed by atoms with Crippen LogP contribution in [0.5, 0.6) is 0 Å². The molecule has 4 heteroatoms. The van der Waals surface area contributed by atoms with Crippen LogP contribution in [-0.4, -0.2) is 35.0 Å². The van der Waals surface area contributed by atoms with Crippen LogP contribution in [-0.2, 0) is 15.5 Å². The van der Waals surface area contributed by atoms with Crippen molar-refractivity contribution in [3.05, 3.63) is 0 Å². The Hall–Kier alpha value is 0.0700. The molecule has 1 aliphatic heterocycles. The summed E-state index contributed by atoms with van der Waals surface area (Å²) < 4.78 is 16.9. The highest BCUT2D eigenvalue weighted by Gasteiger charge is 2.16. The topological polar surface area (TPSA) is 52.3 Å². The fourth-order valence-corrected chi connectivity index (χ4v) is 3.24. The average molecular weight is 219 g/mol. The Bertz CT molecular complexity index is 179. The molecule has 2 unspecified atom stereocenters. The first-order chi connectivity index (χ1) is 6.68. The second kappa shape index (κ2) is 6.53. The normalized spacial score (nSPS) is 23.3. The molecule has 1 rings (SSSR count). The Labute approximate surface area is 88.8 Å². The lowest BCUT2D eigenvalue weighted by atomic mass is 10.0. The summed E-state index contributed by atoms with van der Waals surface area (Å²) >= 11 is 0. The zero-order chi connectivity index (χ0) is 10.4. The smallest absolute Gasteiger partial charge is 0.0469 e. The van der Waals surface area contributed by atoms with Crippen molar-refractivity contribution in [2.45, 2.75) is 32.2 Å². The van der Waals surface area contributed by atoms with Crippen LogP contribution in [0.25, 0.3) is 0 Å². The van der Waals surface area contributed by atoms with Crippen LogP contribution in [0.2, 0.25) is 0 Å². The van der Waals surface area contributed by atoms with Gasteiger partial charge in [-0.25, -0.2) is 0 Å². The van der Waals surface area contributed by atoms with Crippen molar-refractivity contribution in [2.75, 3.05) is 24.7 Å². The molecule has 2 atom stereocenters. The minimum Gasteiger partial charge on any atom is -0.381 e. The number of nitrogens with two attached hydrogens (primary N) is 1. The molecule has 0 aromatic heterocycles. The highest BCUT2D eigenvalue weighted by molar-refractivity contribution is 7.84. The Morgan fingerprint density at radius 2 is 2.14 bits per heavy atom. The SMILES string of the molecule is CC(N)CCS(=O)CC1CCOCC1. The zero-order valence-electron chi connectivity index (χ0n) is 8.91. The summed E-state index contributed by atoms with van der Waals surface area (Å²) in [7, 11) is -0.674. The molecule has 0 radical (unpaired) electrons. The van der Waals surface area contributed by atoms with E-state index < -0.39 is 10.8 Å². The number of ether oxygens (including phenoxy) is 1. The Morgan fingerprint density at radius 3 is 2.71 bits per heavy atom. The van der Waals surface area contributed by atoms with Gasteiger partial charge in [0.05, 0.1) is 0 Å². The first kappa shape index (κ1) is 12.1. The van der Waals surface area contributed by atoms with Crippen molar-refractivity contribution in [1.29, 1.82) is 0 Å². The molecular weight excluding hydrogens is 198 g/mol. The van der Waals surface area contributed by atoms with Gasteiger partial charge in [-0.1, -0.05) is 0 Å². The Kier molecular flexibility index (Phi) is 5.67. The number of hydrogen-bond donors (Lipinski definition) is 1. The van der Waals surface area contributed by atoms with Gasteiger partial charge in [0, 0.05) is 41.6 Å². The van der Waals surface area contributed by atoms with Crippen LogP contribution in [0.1, 0.15) is 26.2 Å². The van der Waals surface area contributed by atoms with E-state index in [2.05, 4.69) is 0 Å². The zero-order valence-corrected chi connectivity index (χ0v) is 9.72. The fourth-order valence-electron chi connectivity index (χ4n) is 1.58. The second-order valence-electron chi connectivity index (χ2n) is 4.13. The fraction of sp³-hybridized carbons (Fsp3) is 1.00. The third-order valence-electron chi connectivity index (χ3n) is 2.56. The average Bonchev–Trinajstić information content (AvgIpc) is 2.16. The van der Waals surface area contributed by atoms with E-state index in [1.807, 2.05) is 6.92 Å². The summed E-state index contributed by atoms with van der Waals surface area (Å²) in [4.78, 5) is 0. The van der Waals surface area contributed by atoms with Gasteiger partial charge in [-0.05, 0) is 32.1 Å². The van der Waals surface area contributed by atoms with Gasteiger partial charge in [-0.15, -0.1) is 0 Å². The summed E-state index contributed by atoms with van der Waals surface area (Å²) in [6.07, 6.45) is 3.02. The van der Waals surface area contributed by atoms with E-state index >= 15 is 0 Å². The molecule has 0 saturated carbocycles. The van der Waals surface area contributed by atoms with Gasteiger partial charge >= 0.3 is 0 Å². The quantitative estimate of drug-likeness (QED) is 0.747. The molecule has 0 bridgehead atoms. The van der Waals surface area contributed by atoms with Crippen LogP contribution >= 0.6 is 0 Å². The van der Waals surface area contributed by atoms with Crippen molar-refractivity contribution >= 4 is 10.8 Å². The van der Waals surface area contributed by atoms with Crippen molar-refractivity contribution in [3.8, 4) is 0 Å². The van der Waals surface area contributed by atoms with Crippen LogP contribution < -0.4 is 5.73 Å². The molecule has 1 aliphatic rings. The lowest BCUT2D eigenvalue weighted by Crippen LogP contribution is -2.24. The molecule has 1 saturated heterocycles. The van der Waals surface area contributed by atoms with Gasteiger partial charge < -0.3 is 10.5 Å². The molecule has 1 heterocycles. The van der Waals surface area contributed by atoms with E-state index in [9.17, 15) is 4.21 Å². The Balaban J connectivity index is 2.12. The lowest BCUT2D eigenvalue weighted by molar-refractivity contribution is 0.0725. The summed E-state index contributed by atoms with van der Waals surface area (Å²) in [5, 5.41) is 0. The van der Waals surface area contributed by atoms with Gasteiger partial charge in [-0.3, -0.25) is 4.21 Å². The standard InChI is InChI=1S/C10H21NO2S/c1-9(11)4-7-14(12)8-10-2-5-13-6-3-10/h9-10H,2-8,11H2,1H3. The number of rotatable bonds is 5. The van der Waals surface area contributed by atoms with Crippen LogP contribution in [0.15, 0.2) is 0 Å². The minimum atomic E-state index is -0.674. The summed E-state index contributed by atoms with van der Waals surface area (Å²) in [5.74, 6) is 2.21. The molecule has 0 aromatic carbocycles. The maximum absolute atomic E-state index is 11.6. The molecule has 0 aromatic rings. The molecular formula is C10H21NO2S. The lowest BCUT2D eigenvalue weighted by Gasteiger charge is -2.21. The van der Waals surface area contributed by atoms with E-state index in [1.165, 1.54) is 0 Å². The predicted octanol–water partition coefficient (Wildman–Crippen LogP) is 0.899. The van der Waals surface area contributed by atoms with Crippen molar-refractivity contribution in [3.63, 3.8) is 0 Å². The second-order valence-corrected chi connectivity index (χ2v) is 5.75. The molecule has 1 fully saturated rings. The summed E-state index contributed by atoms with van der Waals surface area (Å²) in [6.45, 7) is 3.65. The summed E-state index contributed by atoms with van der Waals surface area (Å²) in [5.41, 5.74) is 5.62. The van der Waals surface area contributed by atoms with Gasteiger partial charge in [0.15, 0.2) is 0 Å². The van der Waals surface area contributed by atoms with Gasteiger partial charge in [0.1, 0.15) is 0 Å². The summed E-state index contributed by atoms with van der Waals surface area (Å²) in [6, 6.07) is 0.175. The molecule has 84 valence electrons. The molecule has 0 amide bonds. The third-order valence-corrected chi connectivity index (χ3v) is 4.10. The first-order valence-electron chi connectivity index (χ1n) is 5.37. The number of hydrogen-bond acceptors (Lipinski definition) is 3. The third kappa shape index (κ3) is 5.08. The van der Waals surface area contributed by atoms with Gasteiger partial charge in [0.25, 0.3) is 0 Å². The van der Waals surface area contributed by atoms with Crippen LogP contribution in [0.4, 0.5) is 0 Å². The minimum absolute atomic E-state index is 0.175. The van der Waals surface area contributed by atoms with Crippen LogP contribution in [0, 0.1) is 5.92 Å². The maximum atomic E-state index is 11.6. The first-order valence-corrected chi connectivity index (χ1v) is 6.85. The maximum Gasteiger partial charge on any atom is 0.0469 e. The molecule has 0 spiro atoms. The molecule has 2 N–H and O–H groups in total. The van der Waals surface area contributed by atoms with Gasteiger partial charge in [0.2, 0.25) is 0 Å². The van der Waals surface area contributed by atoms with E-state index in [-0.39, 0.29) is 6.04 Å². The molecule has 3 nitrogen and oxygen atoms in total. The van der Waals surface area contributed by atoms with E-state index in [0.717, 1.165) is 44.0 Å². The largest absolute Gasteiger partial charge is 0.381 e. The Morgan fingerprint density at radius 1 is 1.50 bits per heavy atom. The monoisotopic (exact) mass is 219 g/mol. The van der Waals surface area contributed by atoms with Gasteiger partial charge in [-0.2, -0.15) is 0 Å². The van der Waals surface area contributed by atoms with E-state index in [0.29, 0.717) is 5.92 Å². The van der Waals surface area contributed by atoms with Crippen molar-refractivity contribution < 1.29 is 8.95 Å². The molecule has 14 heavy (non-hydrogen) atoms. The predicted molar refractivity (Wildman–Crippen MR) is 59.7 cm³/mol. The highest BCUT2D eigenvalue weighted by atomic mass is 32.2. The molecule has 0 aliphatic carbocycles. The van der Waals surface area contributed by atoms with Crippen molar-refractivity contribution in [2.24, 2.45) is 11.7 Å².